The van der Waals surface area contributed by atoms with E-state index < -0.39 is 12.0 Å². The minimum absolute atomic E-state index is 0.330. The molecule has 3 rings (SSSR count). The topological polar surface area (TPSA) is 3.01 Å². The molecular weight excluding hydrogens is 268 g/mol. The van der Waals surface area contributed by atoms with Crippen molar-refractivity contribution in [2.24, 2.45) is 0 Å². The zero-order chi connectivity index (χ0) is 13.5. The summed E-state index contributed by atoms with van der Waals surface area (Å²) in [6, 6.07) is 15.9. The molecule has 0 N–H and O–H groups in total. The second kappa shape index (κ2) is 4.49. The maximum Gasteiger partial charge on any atom is 0.267 e. The van der Waals surface area contributed by atoms with Gasteiger partial charge in [0.1, 0.15) is 5.54 Å². The summed E-state index contributed by atoms with van der Waals surface area (Å²) in [6.07, 6.45) is -2.43. The van der Waals surface area contributed by atoms with E-state index in [0.29, 0.717) is 17.1 Å². The summed E-state index contributed by atoms with van der Waals surface area (Å²) in [5.41, 5.74) is 0.239. The molecule has 1 atom stereocenters. The molecular formula is C15H12ClF2N. The van der Waals surface area contributed by atoms with Crippen LogP contribution in [0.2, 0.25) is 5.02 Å². The fourth-order valence-electron chi connectivity index (χ4n) is 2.44. The second-order valence-electron chi connectivity index (χ2n) is 4.65. The number of hydrogen-bond donors (Lipinski definition) is 0. The molecule has 0 spiro atoms. The smallest absolute Gasteiger partial charge is 0.267 e. The van der Waals surface area contributed by atoms with Gasteiger partial charge in [0, 0.05) is 10.7 Å². The first-order valence-electron chi connectivity index (χ1n) is 6.01. The molecule has 1 fully saturated rings. The number of halogens is 3. The third-order valence-corrected chi connectivity index (χ3v) is 3.80. The third kappa shape index (κ3) is 1.98. The Balaban J connectivity index is 1.97. The maximum absolute atomic E-state index is 13.5. The first-order valence-corrected chi connectivity index (χ1v) is 6.39. The first kappa shape index (κ1) is 12.4. The van der Waals surface area contributed by atoms with Crippen LogP contribution >= 0.6 is 11.6 Å². The molecule has 2 aromatic carbocycles. The van der Waals surface area contributed by atoms with Crippen LogP contribution in [0.25, 0.3) is 0 Å². The molecule has 4 heteroatoms. The second-order valence-corrected chi connectivity index (χ2v) is 5.09. The van der Waals surface area contributed by atoms with Crippen LogP contribution in [0.3, 0.4) is 0 Å². The van der Waals surface area contributed by atoms with Gasteiger partial charge in [0.15, 0.2) is 0 Å². The van der Waals surface area contributed by atoms with Crippen molar-refractivity contribution < 1.29 is 8.78 Å². The van der Waals surface area contributed by atoms with Crippen LogP contribution in [-0.4, -0.2) is 13.0 Å². The molecule has 1 saturated heterocycles. The Hall–Kier alpha value is -1.61. The molecule has 1 unspecified atom stereocenters. The largest absolute Gasteiger partial charge is 0.352 e. The van der Waals surface area contributed by atoms with Crippen LogP contribution in [0.15, 0.2) is 54.6 Å². The summed E-state index contributed by atoms with van der Waals surface area (Å²) in [5, 5.41) is 0.605. The van der Waals surface area contributed by atoms with E-state index in [1.54, 1.807) is 53.4 Å². The van der Waals surface area contributed by atoms with E-state index in [2.05, 4.69) is 0 Å². The van der Waals surface area contributed by atoms with Crippen LogP contribution in [-0.2, 0) is 5.54 Å². The number of rotatable bonds is 3. The number of hydrogen-bond acceptors (Lipinski definition) is 1. The predicted molar refractivity (Wildman–Crippen MR) is 72.9 cm³/mol. The molecule has 1 heterocycles. The van der Waals surface area contributed by atoms with Crippen molar-refractivity contribution in [2.45, 2.75) is 12.0 Å². The van der Waals surface area contributed by atoms with Crippen LogP contribution in [0.1, 0.15) is 5.56 Å². The highest BCUT2D eigenvalue weighted by Crippen LogP contribution is 2.50. The van der Waals surface area contributed by atoms with Crippen LogP contribution in [0.5, 0.6) is 0 Å². The van der Waals surface area contributed by atoms with Crippen molar-refractivity contribution in [3.8, 4) is 0 Å². The zero-order valence-electron chi connectivity index (χ0n) is 10.1. The van der Waals surface area contributed by atoms with Gasteiger partial charge in [-0.1, -0.05) is 41.9 Å². The van der Waals surface area contributed by atoms with Gasteiger partial charge in [-0.25, -0.2) is 8.78 Å². The normalized spacial score (nSPS) is 21.8. The highest BCUT2D eigenvalue weighted by molar-refractivity contribution is 6.30. The zero-order valence-corrected chi connectivity index (χ0v) is 10.8. The van der Waals surface area contributed by atoms with Gasteiger partial charge < -0.3 is 4.90 Å². The van der Waals surface area contributed by atoms with Crippen molar-refractivity contribution in [1.82, 2.24) is 0 Å². The van der Waals surface area contributed by atoms with Crippen molar-refractivity contribution in [1.29, 1.82) is 0 Å². The van der Waals surface area contributed by atoms with E-state index in [9.17, 15) is 8.78 Å². The lowest BCUT2D eigenvalue weighted by molar-refractivity contribution is 0.104. The molecule has 1 nitrogen and oxygen atoms in total. The highest BCUT2D eigenvalue weighted by Gasteiger charge is 2.60. The average molecular weight is 280 g/mol. The van der Waals surface area contributed by atoms with Crippen LogP contribution < -0.4 is 4.90 Å². The van der Waals surface area contributed by atoms with E-state index in [0.717, 1.165) is 5.69 Å². The Kier molecular flexibility index (Phi) is 2.94. The molecule has 2 aromatic rings. The van der Waals surface area contributed by atoms with Crippen molar-refractivity contribution in [2.75, 3.05) is 11.4 Å². The maximum atomic E-state index is 13.5. The lowest BCUT2D eigenvalue weighted by Gasteiger charge is -2.18. The lowest BCUT2D eigenvalue weighted by Crippen LogP contribution is -2.25. The fraction of sp³-hybridized carbons (Fsp3) is 0.200. The summed E-state index contributed by atoms with van der Waals surface area (Å²) in [6.45, 7) is 0.330. The Bertz CT molecular complexity index is 570. The van der Waals surface area contributed by atoms with Gasteiger partial charge in [-0.05, 0) is 29.8 Å². The first-order chi connectivity index (χ1) is 9.14. The summed E-state index contributed by atoms with van der Waals surface area (Å²) < 4.78 is 27.0. The fourth-order valence-corrected chi connectivity index (χ4v) is 2.56. The summed E-state index contributed by atoms with van der Waals surface area (Å²) in [4.78, 5) is 1.71. The molecule has 98 valence electrons. The summed E-state index contributed by atoms with van der Waals surface area (Å²) >= 11 is 5.82. The van der Waals surface area contributed by atoms with Gasteiger partial charge in [-0.15, -0.1) is 0 Å². The van der Waals surface area contributed by atoms with Gasteiger partial charge in [-0.2, -0.15) is 0 Å². The summed E-state index contributed by atoms with van der Waals surface area (Å²) in [5.74, 6) is 0. The van der Waals surface area contributed by atoms with Crippen LogP contribution in [0, 0.1) is 0 Å². The molecule has 1 aliphatic rings. The van der Waals surface area contributed by atoms with Crippen molar-refractivity contribution >= 4 is 17.3 Å². The minimum Gasteiger partial charge on any atom is -0.352 e. The average Bonchev–Trinajstić information content (AvgIpc) is 3.17. The van der Waals surface area contributed by atoms with Crippen molar-refractivity contribution in [3.63, 3.8) is 0 Å². The van der Waals surface area contributed by atoms with Gasteiger partial charge >= 0.3 is 0 Å². The third-order valence-electron chi connectivity index (χ3n) is 3.55. The SMILES string of the molecule is FC(F)C1(c2ccccc2)CN1c1ccc(Cl)cc1. The quantitative estimate of drug-likeness (QED) is 0.756. The number of anilines is 1. The van der Waals surface area contributed by atoms with Crippen molar-refractivity contribution in [3.05, 3.63) is 65.2 Å². The Labute approximate surface area is 115 Å². The van der Waals surface area contributed by atoms with Gasteiger partial charge in [-0.3, -0.25) is 0 Å². The number of benzene rings is 2. The molecule has 0 radical (unpaired) electrons. The number of nitrogens with zero attached hydrogens (tertiary/aromatic N) is 1. The molecule has 0 bridgehead atoms. The molecule has 19 heavy (non-hydrogen) atoms. The van der Waals surface area contributed by atoms with Crippen LogP contribution in [0.4, 0.5) is 14.5 Å². The monoisotopic (exact) mass is 279 g/mol. The Morgan fingerprint density at radius 1 is 1.00 bits per heavy atom. The molecule has 0 saturated carbocycles. The van der Waals surface area contributed by atoms with E-state index in [-0.39, 0.29) is 0 Å². The number of alkyl halides is 2. The lowest BCUT2D eigenvalue weighted by atomic mass is 9.99. The Morgan fingerprint density at radius 3 is 2.21 bits per heavy atom. The van der Waals surface area contributed by atoms with Gasteiger partial charge in [0.05, 0.1) is 6.54 Å². The predicted octanol–water partition coefficient (Wildman–Crippen LogP) is 4.32. The standard InChI is InChI=1S/C15H12ClF2N/c16-12-6-8-13(9-7-12)19-10-15(19,14(17)18)11-4-2-1-3-5-11/h1-9,14H,10H2. The molecule has 0 amide bonds. The molecule has 0 aliphatic carbocycles. The van der Waals surface area contributed by atoms with E-state index in [1.165, 1.54) is 0 Å². The molecule has 1 aliphatic heterocycles. The van der Waals surface area contributed by atoms with E-state index in [1.807, 2.05) is 6.07 Å². The summed E-state index contributed by atoms with van der Waals surface area (Å²) in [7, 11) is 0. The van der Waals surface area contributed by atoms with Gasteiger partial charge in [0.25, 0.3) is 6.43 Å². The molecule has 0 aromatic heterocycles. The Morgan fingerprint density at radius 2 is 1.63 bits per heavy atom. The highest BCUT2D eigenvalue weighted by atomic mass is 35.5. The van der Waals surface area contributed by atoms with E-state index >= 15 is 0 Å². The van der Waals surface area contributed by atoms with Gasteiger partial charge in [0.2, 0.25) is 0 Å². The minimum atomic E-state index is -2.43. The van der Waals surface area contributed by atoms with E-state index in [4.69, 9.17) is 11.6 Å².